The van der Waals surface area contributed by atoms with Gasteiger partial charge in [-0.3, -0.25) is 9.78 Å². The van der Waals surface area contributed by atoms with E-state index in [0.29, 0.717) is 17.4 Å². The summed E-state index contributed by atoms with van der Waals surface area (Å²) in [4.78, 5) is 20.0. The minimum atomic E-state index is -0.608. The number of nitrogens with two attached hydrogens (primary N) is 1. The topological polar surface area (TPSA) is 95.1 Å². The summed E-state index contributed by atoms with van der Waals surface area (Å²) in [6.07, 6.45) is 1.48. The van der Waals surface area contributed by atoms with E-state index in [9.17, 15) is 4.79 Å². The first-order chi connectivity index (χ1) is 15.1. The van der Waals surface area contributed by atoms with Crippen molar-refractivity contribution < 1.29 is 11.0 Å². The van der Waals surface area contributed by atoms with E-state index in [1.54, 1.807) is 6.07 Å². The van der Waals surface area contributed by atoms with Crippen LogP contribution in [-0.2, 0) is 12.5 Å². The van der Waals surface area contributed by atoms with Gasteiger partial charge in [-0.25, -0.2) is 4.98 Å². The first-order valence-electron chi connectivity index (χ1n) is 10.1. The number of amides is 1. The zero-order valence-electron chi connectivity index (χ0n) is 18.3. The van der Waals surface area contributed by atoms with Crippen LogP contribution in [0.15, 0.2) is 54.7 Å². The van der Waals surface area contributed by atoms with Crippen molar-refractivity contribution in [1.82, 2.24) is 14.5 Å². The molecule has 32 heavy (non-hydrogen) atoms. The molecule has 3 N–H and O–H groups in total. The van der Waals surface area contributed by atoms with Gasteiger partial charge in [0, 0.05) is 37.5 Å². The summed E-state index contributed by atoms with van der Waals surface area (Å²) in [5, 5.41) is 4.12. The maximum Gasteiger partial charge on any atom is 0.267 e. The van der Waals surface area contributed by atoms with Gasteiger partial charge in [-0.1, -0.05) is 32.4 Å². The van der Waals surface area contributed by atoms with Crippen molar-refractivity contribution in [1.29, 1.82) is 0 Å². The second kappa shape index (κ2) is 8.16. The number of halogens is 1. The van der Waals surface area contributed by atoms with Crippen molar-refractivity contribution in [2.75, 3.05) is 5.32 Å². The van der Waals surface area contributed by atoms with E-state index in [-0.39, 0.29) is 12.5 Å². The minimum Gasteiger partial charge on any atom is -0.457 e. The number of nitrogens with one attached hydrogen (secondary N) is 1. The van der Waals surface area contributed by atoms with Crippen molar-refractivity contribution in [3.05, 3.63) is 71.0 Å². The summed E-state index contributed by atoms with van der Waals surface area (Å²) >= 11 is 6.40. The Labute approximate surface area is 192 Å². The molecule has 0 spiro atoms. The third-order valence-electron chi connectivity index (χ3n) is 5.10. The molecule has 0 radical (unpaired) electrons. The van der Waals surface area contributed by atoms with E-state index in [4.69, 9.17) is 27.1 Å². The number of hydrogen-bond acceptors (Lipinski definition) is 5. The lowest BCUT2D eigenvalue weighted by Gasteiger charge is -2.21. The fourth-order valence-electron chi connectivity index (χ4n) is 3.41. The van der Waals surface area contributed by atoms with Crippen LogP contribution in [0.3, 0.4) is 0 Å². The van der Waals surface area contributed by atoms with Crippen molar-refractivity contribution >= 4 is 40.2 Å². The maximum atomic E-state index is 11.3. The van der Waals surface area contributed by atoms with Crippen LogP contribution in [0.2, 0.25) is 5.02 Å². The molecule has 166 valence electrons. The summed E-state index contributed by atoms with van der Waals surface area (Å²) in [6, 6.07) is 14.7. The molecule has 2 aromatic carbocycles. The molecule has 0 atom stereocenters. The Balaban J connectivity index is 0.00000306. The number of hydrogen-bond donors (Lipinski definition) is 2. The second-order valence-corrected chi connectivity index (χ2v) is 8.96. The smallest absolute Gasteiger partial charge is 0.267 e. The number of imidazole rings is 1. The number of fused-ring (bicyclic) bond motifs is 1. The predicted octanol–water partition coefficient (Wildman–Crippen LogP) is 5.80. The van der Waals surface area contributed by atoms with Gasteiger partial charge in [-0.2, -0.15) is 0 Å². The second-order valence-electron chi connectivity index (χ2n) is 8.56. The highest BCUT2D eigenvalue weighted by Gasteiger charge is 2.18. The predicted molar refractivity (Wildman–Crippen MR) is 129 cm³/mol. The van der Waals surface area contributed by atoms with Crippen LogP contribution in [0, 0.1) is 0 Å². The van der Waals surface area contributed by atoms with Gasteiger partial charge < -0.3 is 20.4 Å². The van der Waals surface area contributed by atoms with Gasteiger partial charge in [0.1, 0.15) is 17.2 Å². The molecule has 0 bridgehead atoms. The van der Waals surface area contributed by atoms with Gasteiger partial charge >= 0.3 is 0 Å². The van der Waals surface area contributed by atoms with E-state index in [0.717, 1.165) is 27.3 Å². The molecule has 4 rings (SSSR count). The number of ether oxygens (including phenoxy) is 1. The Morgan fingerprint density at radius 3 is 2.59 bits per heavy atom. The Morgan fingerprint density at radius 2 is 1.88 bits per heavy atom. The van der Waals surface area contributed by atoms with Crippen molar-refractivity contribution in [3.8, 4) is 11.5 Å². The van der Waals surface area contributed by atoms with Crippen molar-refractivity contribution in [2.24, 2.45) is 12.8 Å². The lowest BCUT2D eigenvalue weighted by Crippen LogP contribution is -2.12. The number of carbonyl (C=O) groups excluding carboxylic acids is 1. The molecule has 0 aliphatic heterocycles. The zero-order valence-corrected chi connectivity index (χ0v) is 19.1. The summed E-state index contributed by atoms with van der Waals surface area (Å²) in [5.41, 5.74) is 9.04. The van der Waals surface area contributed by atoms with Gasteiger partial charge in [-0.05, 0) is 47.4 Å². The molecule has 7 nitrogen and oxygen atoms in total. The summed E-state index contributed by atoms with van der Waals surface area (Å²) in [6.45, 7) is 6.39. The fourth-order valence-corrected chi connectivity index (χ4v) is 3.81. The van der Waals surface area contributed by atoms with Crippen LogP contribution < -0.4 is 15.8 Å². The van der Waals surface area contributed by atoms with Crippen LogP contribution in [0.4, 0.5) is 11.6 Å². The number of aryl methyl sites for hydroxylation is 1. The highest BCUT2D eigenvalue weighted by atomic mass is 35.5. The zero-order chi connectivity index (χ0) is 23.0. The van der Waals surface area contributed by atoms with Gasteiger partial charge in [0.25, 0.3) is 5.91 Å². The first-order valence-corrected chi connectivity index (χ1v) is 10.5. The Hall–Kier alpha value is -3.58. The standard InChI is InChI=1S/C24H24ClN5O2.H2/c1-24(2,3)17-11-14(5-7-18(17)25)28-23-29-19-12-15(6-8-21(19)30(23)4)32-16-9-10-27-20(13-16)22(26)31;/h5-13H,1-4H3,(H2,26,31)(H,28,29);1H. The quantitative estimate of drug-likeness (QED) is 0.399. The third kappa shape index (κ3) is 4.38. The molecule has 1 amide bonds. The van der Waals surface area contributed by atoms with Crippen LogP contribution in [0.5, 0.6) is 11.5 Å². The van der Waals surface area contributed by atoms with Crippen LogP contribution in [0.25, 0.3) is 11.0 Å². The monoisotopic (exact) mass is 451 g/mol. The molecule has 0 aliphatic rings. The molecular formula is C24H26ClN5O2. The molecule has 0 unspecified atom stereocenters. The Bertz CT molecular complexity index is 1330. The summed E-state index contributed by atoms with van der Waals surface area (Å²) in [7, 11) is 1.95. The van der Waals surface area contributed by atoms with Crippen LogP contribution in [0.1, 0.15) is 38.2 Å². The SMILES string of the molecule is Cn1c(Nc2ccc(Cl)c(C(C)(C)C)c2)nc2cc(Oc3ccnc(C(N)=O)c3)ccc21.[HH]. The number of anilines is 2. The van der Waals surface area contributed by atoms with Crippen LogP contribution in [-0.4, -0.2) is 20.4 Å². The van der Waals surface area contributed by atoms with E-state index >= 15 is 0 Å². The number of nitrogens with zero attached hydrogens (tertiary/aromatic N) is 3. The van der Waals surface area contributed by atoms with E-state index in [2.05, 4.69) is 37.1 Å². The molecule has 0 aliphatic carbocycles. The normalized spacial score (nSPS) is 11.5. The van der Waals surface area contributed by atoms with Gasteiger partial charge in [-0.15, -0.1) is 0 Å². The molecular weight excluding hydrogens is 426 g/mol. The molecule has 0 saturated heterocycles. The number of primary amides is 1. The lowest BCUT2D eigenvalue weighted by atomic mass is 9.87. The van der Waals surface area contributed by atoms with Gasteiger partial charge in [0.2, 0.25) is 5.95 Å². The maximum absolute atomic E-state index is 11.3. The average Bonchev–Trinajstić information content (AvgIpc) is 3.03. The van der Waals surface area contributed by atoms with Gasteiger partial charge in [0.05, 0.1) is 11.0 Å². The lowest BCUT2D eigenvalue weighted by molar-refractivity contribution is 0.0995. The van der Waals surface area contributed by atoms with E-state index in [1.807, 2.05) is 41.9 Å². The Kier molecular flexibility index (Phi) is 5.52. The van der Waals surface area contributed by atoms with E-state index < -0.39 is 5.91 Å². The fraction of sp³-hybridized carbons (Fsp3) is 0.208. The number of carbonyl (C=O) groups is 1. The van der Waals surface area contributed by atoms with Crippen molar-refractivity contribution in [2.45, 2.75) is 26.2 Å². The molecule has 8 heteroatoms. The minimum absolute atomic E-state index is 0. The Morgan fingerprint density at radius 1 is 1.12 bits per heavy atom. The highest BCUT2D eigenvalue weighted by Crippen LogP contribution is 2.33. The molecule has 0 saturated carbocycles. The van der Waals surface area contributed by atoms with E-state index in [1.165, 1.54) is 12.3 Å². The summed E-state index contributed by atoms with van der Waals surface area (Å²) in [5.74, 6) is 1.14. The highest BCUT2D eigenvalue weighted by molar-refractivity contribution is 6.31. The van der Waals surface area contributed by atoms with Crippen molar-refractivity contribution in [3.63, 3.8) is 0 Å². The van der Waals surface area contributed by atoms with Crippen LogP contribution >= 0.6 is 11.6 Å². The largest absolute Gasteiger partial charge is 0.457 e. The summed E-state index contributed by atoms with van der Waals surface area (Å²) < 4.78 is 7.85. The average molecular weight is 452 g/mol. The molecule has 0 fully saturated rings. The first kappa shape index (κ1) is 21.6. The third-order valence-corrected chi connectivity index (χ3v) is 5.43. The molecule has 4 aromatic rings. The number of benzene rings is 2. The van der Waals surface area contributed by atoms with Gasteiger partial charge in [0.15, 0.2) is 0 Å². The number of aromatic nitrogens is 3. The number of rotatable bonds is 5. The molecule has 2 aromatic heterocycles. The number of pyridine rings is 1. The molecule has 2 heterocycles.